The summed E-state index contributed by atoms with van der Waals surface area (Å²) in [7, 11) is 0. The van der Waals surface area contributed by atoms with Crippen LogP contribution in [-0.2, 0) is 0 Å². The predicted molar refractivity (Wildman–Crippen MR) is 54.2 cm³/mol. The molecule has 0 spiro atoms. The Labute approximate surface area is 86.1 Å². The minimum absolute atomic E-state index is 0.336. The molecule has 0 radical (unpaired) electrons. The van der Waals surface area contributed by atoms with Crippen molar-refractivity contribution in [1.29, 1.82) is 0 Å². The highest BCUT2D eigenvalue weighted by molar-refractivity contribution is 9.10. The van der Waals surface area contributed by atoms with Gasteiger partial charge in [0, 0.05) is 16.9 Å². The van der Waals surface area contributed by atoms with Crippen molar-refractivity contribution in [2.24, 2.45) is 5.92 Å². The van der Waals surface area contributed by atoms with E-state index in [1.54, 1.807) is 12.4 Å². The minimum Gasteiger partial charge on any atom is -0.388 e. The Morgan fingerprint density at radius 1 is 1.54 bits per heavy atom. The smallest absolute Gasteiger partial charge is 0.0808 e. The van der Waals surface area contributed by atoms with Gasteiger partial charge >= 0.3 is 0 Å². The second-order valence-corrected chi connectivity index (χ2v) is 4.55. The van der Waals surface area contributed by atoms with Crippen LogP contribution in [0.1, 0.15) is 30.9 Å². The molecule has 0 amide bonds. The summed E-state index contributed by atoms with van der Waals surface area (Å²) < 4.78 is 0.930. The van der Waals surface area contributed by atoms with Crippen molar-refractivity contribution in [3.8, 4) is 0 Å². The first kappa shape index (κ1) is 9.16. The SMILES string of the molecule is OC(CC1CC1)c1cncc(Br)c1. The van der Waals surface area contributed by atoms with E-state index in [0.717, 1.165) is 22.4 Å². The molecule has 1 N–H and O–H groups in total. The summed E-state index contributed by atoms with van der Waals surface area (Å²) in [5.74, 6) is 0.744. The molecule has 70 valence electrons. The third-order valence-corrected chi connectivity index (χ3v) is 2.80. The number of rotatable bonds is 3. The minimum atomic E-state index is -0.336. The number of aromatic nitrogens is 1. The highest BCUT2D eigenvalue weighted by Crippen LogP contribution is 2.37. The topological polar surface area (TPSA) is 33.1 Å². The van der Waals surface area contributed by atoms with Crippen molar-refractivity contribution in [3.05, 3.63) is 28.5 Å². The quantitative estimate of drug-likeness (QED) is 0.883. The third-order valence-electron chi connectivity index (χ3n) is 2.36. The van der Waals surface area contributed by atoms with E-state index in [2.05, 4.69) is 20.9 Å². The van der Waals surface area contributed by atoms with Crippen LogP contribution in [0, 0.1) is 5.92 Å². The first-order chi connectivity index (χ1) is 6.25. The Kier molecular flexibility index (Phi) is 2.65. The molecule has 0 aromatic carbocycles. The van der Waals surface area contributed by atoms with Gasteiger partial charge in [0.05, 0.1) is 6.10 Å². The second-order valence-electron chi connectivity index (χ2n) is 3.63. The normalized spacial score (nSPS) is 18.6. The number of hydrogen-bond acceptors (Lipinski definition) is 2. The summed E-state index contributed by atoms with van der Waals surface area (Å²) in [6.45, 7) is 0. The average molecular weight is 242 g/mol. The van der Waals surface area contributed by atoms with Crippen LogP contribution in [0.3, 0.4) is 0 Å². The molecule has 13 heavy (non-hydrogen) atoms. The van der Waals surface area contributed by atoms with Gasteiger partial charge in [-0.15, -0.1) is 0 Å². The van der Waals surface area contributed by atoms with Gasteiger partial charge in [0.2, 0.25) is 0 Å². The Hall–Kier alpha value is -0.410. The van der Waals surface area contributed by atoms with E-state index in [1.807, 2.05) is 6.07 Å². The van der Waals surface area contributed by atoms with Gasteiger partial charge in [0.1, 0.15) is 0 Å². The van der Waals surface area contributed by atoms with E-state index in [1.165, 1.54) is 12.8 Å². The van der Waals surface area contributed by atoms with Crippen LogP contribution in [-0.4, -0.2) is 10.1 Å². The molecule has 1 fully saturated rings. The summed E-state index contributed by atoms with van der Waals surface area (Å²) in [5.41, 5.74) is 0.918. The van der Waals surface area contributed by atoms with Crippen LogP contribution < -0.4 is 0 Å². The lowest BCUT2D eigenvalue weighted by molar-refractivity contribution is 0.160. The van der Waals surface area contributed by atoms with Gasteiger partial charge in [-0.1, -0.05) is 12.8 Å². The maximum atomic E-state index is 9.79. The number of pyridine rings is 1. The molecule has 1 aliphatic rings. The molecule has 1 aromatic rings. The largest absolute Gasteiger partial charge is 0.388 e. The van der Waals surface area contributed by atoms with Gasteiger partial charge in [-0.05, 0) is 39.9 Å². The number of aliphatic hydroxyl groups excluding tert-OH is 1. The molecule has 1 unspecified atom stereocenters. The lowest BCUT2D eigenvalue weighted by Gasteiger charge is -2.09. The van der Waals surface area contributed by atoms with Crippen LogP contribution >= 0.6 is 15.9 Å². The van der Waals surface area contributed by atoms with Crippen LogP contribution in [0.4, 0.5) is 0 Å². The Balaban J connectivity index is 2.04. The lowest BCUT2D eigenvalue weighted by Crippen LogP contribution is -1.98. The third kappa shape index (κ3) is 2.51. The maximum Gasteiger partial charge on any atom is 0.0808 e. The van der Waals surface area contributed by atoms with Crippen molar-refractivity contribution in [1.82, 2.24) is 4.98 Å². The number of nitrogens with zero attached hydrogens (tertiary/aromatic N) is 1. The van der Waals surface area contributed by atoms with Crippen LogP contribution in [0.25, 0.3) is 0 Å². The lowest BCUT2D eigenvalue weighted by atomic mass is 10.1. The molecule has 1 saturated carbocycles. The van der Waals surface area contributed by atoms with E-state index >= 15 is 0 Å². The fourth-order valence-electron chi connectivity index (χ4n) is 1.42. The summed E-state index contributed by atoms with van der Waals surface area (Å²) in [6.07, 6.45) is 6.57. The molecular formula is C10H12BrNO. The van der Waals surface area contributed by atoms with Gasteiger partial charge in [0.15, 0.2) is 0 Å². The molecule has 0 bridgehead atoms. The fraction of sp³-hybridized carbons (Fsp3) is 0.500. The van der Waals surface area contributed by atoms with Gasteiger partial charge in [-0.3, -0.25) is 4.98 Å². The summed E-state index contributed by atoms with van der Waals surface area (Å²) in [6, 6.07) is 1.93. The molecule has 2 nitrogen and oxygen atoms in total. The zero-order valence-electron chi connectivity index (χ0n) is 7.28. The molecule has 3 heteroatoms. The average Bonchev–Trinajstić information content (AvgIpc) is 2.88. The monoisotopic (exact) mass is 241 g/mol. The highest BCUT2D eigenvalue weighted by atomic mass is 79.9. The summed E-state index contributed by atoms with van der Waals surface area (Å²) in [5, 5.41) is 9.79. The van der Waals surface area contributed by atoms with E-state index in [-0.39, 0.29) is 6.10 Å². The first-order valence-electron chi connectivity index (χ1n) is 4.54. The molecule has 1 aliphatic carbocycles. The number of halogens is 1. The van der Waals surface area contributed by atoms with Crippen LogP contribution in [0.2, 0.25) is 0 Å². The van der Waals surface area contributed by atoms with E-state index in [4.69, 9.17) is 0 Å². The van der Waals surface area contributed by atoms with E-state index in [0.29, 0.717) is 0 Å². The number of aliphatic hydroxyl groups is 1. The molecular weight excluding hydrogens is 230 g/mol. The number of hydrogen-bond donors (Lipinski definition) is 1. The van der Waals surface area contributed by atoms with E-state index < -0.39 is 0 Å². The summed E-state index contributed by atoms with van der Waals surface area (Å²) in [4.78, 5) is 4.03. The Morgan fingerprint density at radius 2 is 2.31 bits per heavy atom. The van der Waals surface area contributed by atoms with Gasteiger partial charge in [0.25, 0.3) is 0 Å². The standard InChI is InChI=1S/C10H12BrNO/c11-9-4-8(5-12-6-9)10(13)3-7-1-2-7/h4-7,10,13H,1-3H2. The van der Waals surface area contributed by atoms with Crippen LogP contribution in [0.15, 0.2) is 22.9 Å². The van der Waals surface area contributed by atoms with Gasteiger partial charge < -0.3 is 5.11 Å². The zero-order chi connectivity index (χ0) is 9.26. The van der Waals surface area contributed by atoms with Crippen molar-refractivity contribution in [3.63, 3.8) is 0 Å². The Morgan fingerprint density at radius 3 is 2.92 bits per heavy atom. The fourth-order valence-corrected chi connectivity index (χ4v) is 1.80. The molecule has 1 aromatic heterocycles. The van der Waals surface area contributed by atoms with Crippen molar-refractivity contribution in [2.75, 3.05) is 0 Å². The zero-order valence-corrected chi connectivity index (χ0v) is 8.87. The van der Waals surface area contributed by atoms with Crippen LogP contribution in [0.5, 0.6) is 0 Å². The van der Waals surface area contributed by atoms with Gasteiger partial charge in [-0.25, -0.2) is 0 Å². The van der Waals surface area contributed by atoms with Crippen molar-refractivity contribution < 1.29 is 5.11 Å². The van der Waals surface area contributed by atoms with Gasteiger partial charge in [-0.2, -0.15) is 0 Å². The second kappa shape index (κ2) is 3.76. The van der Waals surface area contributed by atoms with Crippen molar-refractivity contribution in [2.45, 2.75) is 25.4 Å². The molecule has 2 rings (SSSR count). The van der Waals surface area contributed by atoms with E-state index in [9.17, 15) is 5.11 Å². The molecule has 1 heterocycles. The maximum absolute atomic E-state index is 9.79. The molecule has 1 atom stereocenters. The Bertz CT molecular complexity index is 299. The summed E-state index contributed by atoms with van der Waals surface area (Å²) >= 11 is 3.34. The van der Waals surface area contributed by atoms with Crippen molar-refractivity contribution >= 4 is 15.9 Å². The highest BCUT2D eigenvalue weighted by Gasteiger charge is 2.25. The first-order valence-corrected chi connectivity index (χ1v) is 5.33. The molecule has 0 saturated heterocycles. The molecule has 0 aliphatic heterocycles. The predicted octanol–water partition coefficient (Wildman–Crippen LogP) is 2.68.